The average molecular weight is 315 g/mol. The molecule has 0 saturated heterocycles. The molecule has 0 atom stereocenters. The molecule has 0 aliphatic heterocycles. The lowest BCUT2D eigenvalue weighted by Gasteiger charge is -2.09. The lowest BCUT2D eigenvalue weighted by Crippen LogP contribution is -2.12. The minimum absolute atomic E-state index is 0.106. The monoisotopic (exact) mass is 315 g/mol. The number of fused-ring (bicyclic) bond motifs is 1. The van der Waals surface area contributed by atoms with Crippen LogP contribution < -0.4 is 10.3 Å². The molecular formula is C16H13NO4S. The Morgan fingerprint density at radius 1 is 0.955 bits per heavy atom. The maximum absolute atomic E-state index is 12.4. The molecular weight excluding hydrogens is 302 g/mol. The summed E-state index contributed by atoms with van der Waals surface area (Å²) < 4.78 is 32.3. The van der Waals surface area contributed by atoms with Crippen molar-refractivity contribution in [1.82, 2.24) is 0 Å². The molecule has 1 N–H and O–H groups in total. The van der Waals surface area contributed by atoms with Gasteiger partial charge >= 0.3 is 5.63 Å². The van der Waals surface area contributed by atoms with Crippen molar-refractivity contribution in [3.8, 4) is 0 Å². The molecule has 0 bridgehead atoms. The minimum Gasteiger partial charge on any atom is -0.423 e. The number of hydrogen-bond acceptors (Lipinski definition) is 4. The molecule has 1 aromatic heterocycles. The third kappa shape index (κ3) is 2.87. The summed E-state index contributed by atoms with van der Waals surface area (Å²) in [6.07, 6.45) is 0. The zero-order chi connectivity index (χ0) is 15.7. The summed E-state index contributed by atoms with van der Waals surface area (Å²) in [6, 6.07) is 14.2. The van der Waals surface area contributed by atoms with E-state index in [2.05, 4.69) is 4.72 Å². The molecule has 112 valence electrons. The van der Waals surface area contributed by atoms with Gasteiger partial charge in [-0.25, -0.2) is 13.2 Å². The highest BCUT2D eigenvalue weighted by Gasteiger charge is 2.15. The molecule has 3 aromatic rings. The van der Waals surface area contributed by atoms with Crippen LogP contribution in [0.2, 0.25) is 0 Å². The highest BCUT2D eigenvalue weighted by molar-refractivity contribution is 7.92. The zero-order valence-corrected chi connectivity index (χ0v) is 12.6. The molecule has 0 amide bonds. The van der Waals surface area contributed by atoms with E-state index in [-0.39, 0.29) is 4.90 Å². The van der Waals surface area contributed by atoms with Crippen molar-refractivity contribution in [3.63, 3.8) is 0 Å². The molecule has 5 nitrogen and oxygen atoms in total. The van der Waals surface area contributed by atoms with Gasteiger partial charge in [-0.1, -0.05) is 17.7 Å². The molecule has 0 radical (unpaired) electrons. The second-order valence-electron chi connectivity index (χ2n) is 4.93. The smallest absolute Gasteiger partial charge is 0.336 e. The predicted molar refractivity (Wildman–Crippen MR) is 84.5 cm³/mol. The first-order chi connectivity index (χ1) is 10.4. The Bertz CT molecular complexity index is 989. The number of rotatable bonds is 3. The molecule has 22 heavy (non-hydrogen) atoms. The summed E-state index contributed by atoms with van der Waals surface area (Å²) in [6.45, 7) is 1.93. The molecule has 0 aliphatic carbocycles. The Hall–Kier alpha value is -2.60. The number of hydrogen-bond donors (Lipinski definition) is 1. The van der Waals surface area contributed by atoms with Crippen LogP contribution >= 0.6 is 0 Å². The van der Waals surface area contributed by atoms with Crippen molar-refractivity contribution in [2.45, 2.75) is 11.8 Å². The minimum atomic E-state index is -3.70. The van der Waals surface area contributed by atoms with Crippen LogP contribution in [0, 0.1) is 6.92 Å². The predicted octanol–water partition coefficient (Wildman–Crippen LogP) is 2.90. The molecule has 2 aromatic carbocycles. The summed E-state index contributed by atoms with van der Waals surface area (Å²) in [5.41, 5.74) is 1.41. The van der Waals surface area contributed by atoms with E-state index in [1.165, 1.54) is 30.3 Å². The number of anilines is 1. The number of benzene rings is 2. The SMILES string of the molecule is Cc1ccc(NS(=O)(=O)c2ccc3oc(=O)ccc3c2)cc1. The van der Waals surface area contributed by atoms with E-state index in [0.29, 0.717) is 16.7 Å². The molecule has 0 spiro atoms. The van der Waals surface area contributed by atoms with Crippen LogP contribution in [0.25, 0.3) is 11.0 Å². The topological polar surface area (TPSA) is 76.4 Å². The van der Waals surface area contributed by atoms with E-state index in [9.17, 15) is 13.2 Å². The number of nitrogens with one attached hydrogen (secondary N) is 1. The van der Waals surface area contributed by atoms with Gasteiger partial charge in [0.1, 0.15) is 5.58 Å². The maximum Gasteiger partial charge on any atom is 0.336 e. The summed E-state index contributed by atoms with van der Waals surface area (Å²) in [7, 11) is -3.70. The van der Waals surface area contributed by atoms with Crippen molar-refractivity contribution in [1.29, 1.82) is 0 Å². The first kappa shape index (κ1) is 14.3. The fraction of sp³-hybridized carbons (Fsp3) is 0.0625. The molecule has 0 aliphatic rings. The highest BCUT2D eigenvalue weighted by atomic mass is 32.2. The van der Waals surface area contributed by atoms with Gasteiger partial charge in [-0.05, 0) is 43.3 Å². The summed E-state index contributed by atoms with van der Waals surface area (Å²) >= 11 is 0. The van der Waals surface area contributed by atoms with E-state index in [1.807, 2.05) is 19.1 Å². The second kappa shape index (κ2) is 5.31. The van der Waals surface area contributed by atoms with Gasteiger partial charge in [0.2, 0.25) is 0 Å². The van der Waals surface area contributed by atoms with E-state index in [4.69, 9.17) is 4.42 Å². The van der Waals surface area contributed by atoms with E-state index < -0.39 is 15.6 Å². The van der Waals surface area contributed by atoms with Gasteiger partial charge in [-0.2, -0.15) is 0 Å². The third-order valence-corrected chi connectivity index (χ3v) is 4.58. The first-order valence-corrected chi connectivity index (χ1v) is 8.06. The van der Waals surface area contributed by atoms with Crippen molar-refractivity contribution >= 4 is 26.7 Å². The van der Waals surface area contributed by atoms with Crippen molar-refractivity contribution in [2.24, 2.45) is 0 Å². The fourth-order valence-corrected chi connectivity index (χ4v) is 3.15. The van der Waals surface area contributed by atoms with Gasteiger partial charge in [0.25, 0.3) is 10.0 Å². The Kier molecular flexibility index (Phi) is 3.46. The van der Waals surface area contributed by atoms with Crippen LogP contribution in [0.1, 0.15) is 5.56 Å². The van der Waals surface area contributed by atoms with E-state index >= 15 is 0 Å². The van der Waals surface area contributed by atoms with Crippen LogP contribution in [0.15, 0.2) is 68.7 Å². The van der Waals surface area contributed by atoms with Crippen LogP contribution in [0.3, 0.4) is 0 Å². The fourth-order valence-electron chi connectivity index (χ4n) is 2.05. The van der Waals surface area contributed by atoms with E-state index in [1.54, 1.807) is 12.1 Å². The average Bonchev–Trinajstić information content (AvgIpc) is 2.49. The Labute approximate surface area is 127 Å². The maximum atomic E-state index is 12.4. The summed E-state index contributed by atoms with van der Waals surface area (Å²) in [5.74, 6) is 0. The molecule has 0 fully saturated rings. The second-order valence-corrected chi connectivity index (χ2v) is 6.61. The number of sulfonamides is 1. The van der Waals surface area contributed by atoms with E-state index in [0.717, 1.165) is 5.56 Å². The van der Waals surface area contributed by atoms with Gasteiger partial charge in [-0.15, -0.1) is 0 Å². The first-order valence-electron chi connectivity index (χ1n) is 6.57. The molecule has 1 heterocycles. The molecule has 0 unspecified atom stereocenters. The summed E-state index contributed by atoms with van der Waals surface area (Å²) in [4.78, 5) is 11.2. The standard InChI is InChI=1S/C16H13NO4S/c1-11-2-5-13(6-3-11)17-22(19,20)14-7-8-15-12(10-14)4-9-16(18)21-15/h2-10,17H,1H3. The van der Waals surface area contributed by atoms with Crippen LogP contribution in [0.5, 0.6) is 0 Å². The van der Waals surface area contributed by atoms with Gasteiger partial charge in [0, 0.05) is 17.1 Å². The Morgan fingerprint density at radius 3 is 2.41 bits per heavy atom. The van der Waals surface area contributed by atoms with Crippen LogP contribution in [-0.4, -0.2) is 8.42 Å². The zero-order valence-electron chi connectivity index (χ0n) is 11.7. The van der Waals surface area contributed by atoms with Crippen LogP contribution in [-0.2, 0) is 10.0 Å². The third-order valence-electron chi connectivity index (χ3n) is 3.20. The lowest BCUT2D eigenvalue weighted by atomic mass is 10.2. The number of aryl methyl sites for hydroxylation is 1. The van der Waals surface area contributed by atoms with Gasteiger partial charge in [-0.3, -0.25) is 4.72 Å². The molecule has 0 saturated carbocycles. The Balaban J connectivity index is 1.99. The normalized spacial score (nSPS) is 11.5. The molecule has 6 heteroatoms. The van der Waals surface area contributed by atoms with Gasteiger partial charge in [0.05, 0.1) is 4.90 Å². The summed E-state index contributed by atoms with van der Waals surface area (Å²) in [5, 5.41) is 0.548. The highest BCUT2D eigenvalue weighted by Crippen LogP contribution is 2.20. The van der Waals surface area contributed by atoms with Crippen molar-refractivity contribution in [3.05, 3.63) is 70.6 Å². The van der Waals surface area contributed by atoms with Gasteiger partial charge in [0.15, 0.2) is 0 Å². The quantitative estimate of drug-likeness (QED) is 0.754. The van der Waals surface area contributed by atoms with Crippen molar-refractivity contribution in [2.75, 3.05) is 4.72 Å². The van der Waals surface area contributed by atoms with Crippen molar-refractivity contribution < 1.29 is 12.8 Å². The lowest BCUT2D eigenvalue weighted by molar-refractivity contribution is 0.560. The molecule has 3 rings (SSSR count). The van der Waals surface area contributed by atoms with Crippen LogP contribution in [0.4, 0.5) is 5.69 Å². The van der Waals surface area contributed by atoms with Gasteiger partial charge < -0.3 is 4.42 Å². The Morgan fingerprint density at radius 2 is 1.68 bits per heavy atom. The largest absolute Gasteiger partial charge is 0.423 e.